The van der Waals surface area contributed by atoms with Crippen LogP contribution in [-0.4, -0.2) is 25.7 Å². The predicted molar refractivity (Wildman–Crippen MR) is 79.7 cm³/mol. The van der Waals surface area contributed by atoms with Crippen molar-refractivity contribution in [2.24, 2.45) is 17.0 Å². The van der Waals surface area contributed by atoms with Crippen LogP contribution in [0.5, 0.6) is 0 Å². The van der Waals surface area contributed by atoms with E-state index in [9.17, 15) is 21.6 Å². The maximum atomic E-state index is 11.6. The van der Waals surface area contributed by atoms with Gasteiger partial charge in [0.1, 0.15) is 0 Å². The Kier molecular flexibility index (Phi) is 5.24. The summed E-state index contributed by atoms with van der Waals surface area (Å²) >= 11 is 0. The maximum Gasteiger partial charge on any atom is 0.490 e. The van der Waals surface area contributed by atoms with Gasteiger partial charge in [0.25, 0.3) is 0 Å². The fourth-order valence-electron chi connectivity index (χ4n) is 2.82. The van der Waals surface area contributed by atoms with Crippen LogP contribution in [0.1, 0.15) is 37.2 Å². The molecular weight excluding hydrogens is 347 g/mol. The van der Waals surface area contributed by atoms with Gasteiger partial charge in [-0.25, -0.2) is 18.4 Å². The van der Waals surface area contributed by atoms with E-state index in [-0.39, 0.29) is 0 Å². The molecular formula is C15H18F3NO4S. The Labute approximate surface area is 137 Å². The molecule has 2 aliphatic rings. The minimum atomic E-state index is -5.08. The van der Waals surface area contributed by atoms with E-state index in [0.29, 0.717) is 22.6 Å². The monoisotopic (exact) mass is 365 g/mol. The largest absolute Gasteiger partial charge is 0.490 e. The van der Waals surface area contributed by atoms with Crippen molar-refractivity contribution in [1.82, 2.24) is 0 Å². The van der Waals surface area contributed by atoms with E-state index < -0.39 is 22.2 Å². The van der Waals surface area contributed by atoms with E-state index in [1.165, 1.54) is 25.7 Å². The molecule has 134 valence electrons. The standard InChI is InChI=1S/C13H17NO2S.C2HF3O2/c14-17(15,16)12-4-2-1-3-11(12)13(9-5-6-9)10-7-8-10;3-2(4,5)1(6)7/h1-4,9-10,13H,5-8H2,(H2,14,15,16);(H,6,7). The van der Waals surface area contributed by atoms with Crippen molar-refractivity contribution in [3.05, 3.63) is 29.8 Å². The summed E-state index contributed by atoms with van der Waals surface area (Å²) in [5, 5.41) is 12.4. The molecule has 1 aromatic carbocycles. The second-order valence-electron chi connectivity index (χ2n) is 6.09. The Bertz CT molecular complexity index is 698. The molecule has 2 aliphatic carbocycles. The highest BCUT2D eigenvalue weighted by atomic mass is 32.2. The number of hydrogen-bond donors (Lipinski definition) is 2. The molecule has 0 atom stereocenters. The van der Waals surface area contributed by atoms with Gasteiger partial charge in [-0.1, -0.05) is 18.2 Å². The lowest BCUT2D eigenvalue weighted by molar-refractivity contribution is -0.192. The van der Waals surface area contributed by atoms with Crippen LogP contribution in [0, 0.1) is 11.8 Å². The number of nitrogens with two attached hydrogens (primary N) is 1. The van der Waals surface area contributed by atoms with Crippen molar-refractivity contribution in [2.75, 3.05) is 0 Å². The normalized spacial score (nSPS) is 18.0. The molecule has 3 rings (SSSR count). The van der Waals surface area contributed by atoms with Gasteiger partial charge in [-0.15, -0.1) is 0 Å². The van der Waals surface area contributed by atoms with Gasteiger partial charge >= 0.3 is 12.1 Å². The topological polar surface area (TPSA) is 97.5 Å². The lowest BCUT2D eigenvalue weighted by Crippen LogP contribution is -2.21. The zero-order chi connectivity index (χ0) is 18.1. The van der Waals surface area contributed by atoms with E-state index in [2.05, 4.69) is 0 Å². The van der Waals surface area contributed by atoms with E-state index >= 15 is 0 Å². The molecule has 0 aromatic heterocycles. The van der Waals surface area contributed by atoms with E-state index in [1.807, 2.05) is 12.1 Å². The van der Waals surface area contributed by atoms with Gasteiger partial charge in [0, 0.05) is 0 Å². The van der Waals surface area contributed by atoms with Crippen molar-refractivity contribution < 1.29 is 31.5 Å². The second kappa shape index (κ2) is 6.72. The van der Waals surface area contributed by atoms with Crippen LogP contribution in [0.4, 0.5) is 13.2 Å². The van der Waals surface area contributed by atoms with Gasteiger partial charge in [-0.3, -0.25) is 0 Å². The molecule has 0 spiro atoms. The molecule has 24 heavy (non-hydrogen) atoms. The van der Waals surface area contributed by atoms with Crippen LogP contribution in [-0.2, 0) is 14.8 Å². The lowest BCUT2D eigenvalue weighted by Gasteiger charge is -2.18. The number of aliphatic carboxylic acids is 1. The van der Waals surface area contributed by atoms with Crippen LogP contribution >= 0.6 is 0 Å². The molecule has 5 nitrogen and oxygen atoms in total. The van der Waals surface area contributed by atoms with E-state index in [0.717, 1.165) is 5.56 Å². The number of hydrogen-bond acceptors (Lipinski definition) is 3. The quantitative estimate of drug-likeness (QED) is 0.857. The molecule has 9 heteroatoms. The zero-order valence-corrected chi connectivity index (χ0v) is 13.5. The maximum absolute atomic E-state index is 11.6. The fraction of sp³-hybridized carbons (Fsp3) is 0.533. The summed E-state index contributed by atoms with van der Waals surface area (Å²) in [6, 6.07) is 7.26. The summed E-state index contributed by atoms with van der Waals surface area (Å²) in [6.45, 7) is 0. The average molecular weight is 365 g/mol. The summed E-state index contributed by atoms with van der Waals surface area (Å²) in [4.78, 5) is 9.23. The van der Waals surface area contributed by atoms with Gasteiger partial charge in [-0.05, 0) is 55.1 Å². The van der Waals surface area contributed by atoms with Crippen molar-refractivity contribution in [3.63, 3.8) is 0 Å². The van der Waals surface area contributed by atoms with E-state index in [1.54, 1.807) is 12.1 Å². The minimum absolute atomic E-state index is 0.337. The Morgan fingerprint density at radius 1 is 1.12 bits per heavy atom. The Morgan fingerprint density at radius 2 is 1.54 bits per heavy atom. The number of sulfonamides is 1. The van der Waals surface area contributed by atoms with Gasteiger partial charge in [0.15, 0.2) is 0 Å². The molecule has 3 N–H and O–H groups in total. The molecule has 2 fully saturated rings. The second-order valence-corrected chi connectivity index (χ2v) is 7.62. The van der Waals surface area contributed by atoms with Crippen LogP contribution in [0.2, 0.25) is 0 Å². The first kappa shape index (κ1) is 18.7. The fourth-order valence-corrected chi connectivity index (χ4v) is 3.62. The van der Waals surface area contributed by atoms with Crippen LogP contribution in [0.3, 0.4) is 0 Å². The number of carbonyl (C=O) groups is 1. The Hall–Kier alpha value is -1.61. The van der Waals surface area contributed by atoms with Crippen molar-refractivity contribution in [1.29, 1.82) is 0 Å². The number of alkyl halides is 3. The van der Waals surface area contributed by atoms with Gasteiger partial charge in [0.05, 0.1) is 4.90 Å². The van der Waals surface area contributed by atoms with Crippen molar-refractivity contribution in [3.8, 4) is 0 Å². The van der Waals surface area contributed by atoms with Gasteiger partial charge < -0.3 is 5.11 Å². The van der Waals surface area contributed by atoms with Gasteiger partial charge in [0.2, 0.25) is 10.0 Å². The summed E-state index contributed by atoms with van der Waals surface area (Å²) < 4.78 is 55.0. The lowest BCUT2D eigenvalue weighted by atomic mass is 9.89. The number of carboxylic acids is 1. The molecule has 0 unspecified atom stereocenters. The molecule has 0 amide bonds. The highest BCUT2D eigenvalue weighted by Crippen LogP contribution is 2.55. The third kappa shape index (κ3) is 4.94. The molecule has 2 saturated carbocycles. The zero-order valence-electron chi connectivity index (χ0n) is 12.7. The molecule has 0 saturated heterocycles. The number of benzene rings is 1. The molecule has 0 radical (unpaired) electrons. The number of primary sulfonamides is 1. The third-order valence-corrected chi connectivity index (χ3v) is 5.07. The van der Waals surface area contributed by atoms with Crippen LogP contribution < -0.4 is 5.14 Å². The first-order valence-electron chi connectivity index (χ1n) is 7.43. The first-order valence-corrected chi connectivity index (χ1v) is 8.98. The molecule has 0 heterocycles. The summed E-state index contributed by atoms with van der Waals surface area (Å²) in [7, 11) is -3.59. The third-order valence-electron chi connectivity index (χ3n) is 4.09. The van der Waals surface area contributed by atoms with E-state index in [4.69, 9.17) is 15.0 Å². The first-order chi connectivity index (χ1) is 11.0. The Balaban J connectivity index is 0.000000256. The molecule has 1 aromatic rings. The molecule has 0 aliphatic heterocycles. The number of carboxylic acid groups (broad SMARTS) is 1. The summed E-state index contributed by atoms with van der Waals surface area (Å²) in [6.07, 6.45) is -0.138. The van der Waals surface area contributed by atoms with Crippen LogP contribution in [0.15, 0.2) is 29.2 Å². The number of halogens is 3. The van der Waals surface area contributed by atoms with Crippen LogP contribution in [0.25, 0.3) is 0 Å². The van der Waals surface area contributed by atoms with Gasteiger partial charge in [-0.2, -0.15) is 13.2 Å². The SMILES string of the molecule is NS(=O)(=O)c1ccccc1C(C1CC1)C1CC1.O=C(O)C(F)(F)F. The average Bonchev–Trinajstić information content (AvgIpc) is 3.33. The van der Waals surface area contributed by atoms with Crippen molar-refractivity contribution >= 4 is 16.0 Å². The Morgan fingerprint density at radius 3 is 1.88 bits per heavy atom. The molecule has 0 bridgehead atoms. The highest BCUT2D eigenvalue weighted by Gasteiger charge is 2.43. The number of rotatable bonds is 4. The summed E-state index contributed by atoms with van der Waals surface area (Å²) in [5.41, 5.74) is 0.958. The summed E-state index contributed by atoms with van der Waals surface area (Å²) in [5.74, 6) is -0.965. The minimum Gasteiger partial charge on any atom is -0.475 e. The predicted octanol–water partition coefficient (Wildman–Crippen LogP) is 2.87. The smallest absolute Gasteiger partial charge is 0.475 e. The highest BCUT2D eigenvalue weighted by molar-refractivity contribution is 7.89. The van der Waals surface area contributed by atoms with Crippen molar-refractivity contribution in [2.45, 2.75) is 42.7 Å².